The van der Waals surface area contributed by atoms with Gasteiger partial charge in [-0.15, -0.1) is 10.2 Å². The first-order chi connectivity index (χ1) is 15.3. The van der Waals surface area contributed by atoms with Gasteiger partial charge in [0.05, 0.1) is 18.0 Å². The van der Waals surface area contributed by atoms with Crippen LogP contribution in [0.1, 0.15) is 11.4 Å². The molecule has 3 rings (SSSR count). The summed E-state index contributed by atoms with van der Waals surface area (Å²) in [4.78, 5) is 24.4. The van der Waals surface area contributed by atoms with Crippen LogP contribution in [0.2, 0.25) is 5.02 Å². The van der Waals surface area contributed by atoms with E-state index in [1.807, 2.05) is 36.4 Å². The number of hydrogen-bond donors (Lipinski definition) is 2. The first-order valence-electron chi connectivity index (χ1n) is 9.30. The van der Waals surface area contributed by atoms with Crippen LogP contribution in [0.5, 0.6) is 0 Å². The summed E-state index contributed by atoms with van der Waals surface area (Å²) in [6, 6.07) is 12.8. The summed E-state index contributed by atoms with van der Waals surface area (Å²) in [6.07, 6.45) is 3.06. The Balaban J connectivity index is 1.50. The fourth-order valence-corrected chi connectivity index (χ4v) is 4.17. The van der Waals surface area contributed by atoms with Crippen LogP contribution in [0.25, 0.3) is 6.08 Å². The minimum Gasteiger partial charge on any atom is -0.345 e. The second kappa shape index (κ2) is 11.6. The van der Waals surface area contributed by atoms with Crippen molar-refractivity contribution in [1.82, 2.24) is 20.1 Å². The minimum atomic E-state index is -0.277. The number of benzene rings is 2. The van der Waals surface area contributed by atoms with Crippen LogP contribution in [0.15, 0.2) is 62.6 Å². The maximum atomic E-state index is 12.3. The molecule has 0 fully saturated rings. The molecule has 2 aromatic carbocycles. The van der Waals surface area contributed by atoms with Crippen LogP contribution in [0, 0.1) is 0 Å². The highest BCUT2D eigenvalue weighted by atomic mass is 79.9. The molecule has 0 radical (unpaired) electrons. The topological polar surface area (TPSA) is 88.9 Å². The molecule has 11 heteroatoms. The number of amides is 2. The van der Waals surface area contributed by atoms with Crippen molar-refractivity contribution >= 4 is 78.8 Å². The number of nitrogens with one attached hydrogen (secondary N) is 2. The standard InChI is InChI=1S/C21H18Br2ClN5O2S/c1-29-18(11-25-19(30)9-6-13-4-2-3-5-16(13)24)27-28-21(29)32-12-20(31)26-17-10-14(22)7-8-15(17)23/h2-10H,11-12H2,1H3,(H,25,30)(H,26,31)/b9-6+. The Morgan fingerprint density at radius 3 is 2.75 bits per heavy atom. The largest absolute Gasteiger partial charge is 0.345 e. The van der Waals surface area contributed by atoms with Crippen LogP contribution in [0.4, 0.5) is 5.69 Å². The van der Waals surface area contributed by atoms with Crippen LogP contribution >= 0.6 is 55.2 Å². The van der Waals surface area contributed by atoms with Gasteiger partial charge in [-0.05, 0) is 51.8 Å². The number of aromatic nitrogens is 3. The lowest BCUT2D eigenvalue weighted by molar-refractivity contribution is -0.116. The van der Waals surface area contributed by atoms with Gasteiger partial charge in [0.1, 0.15) is 0 Å². The average molecular weight is 600 g/mol. The third-order valence-electron chi connectivity index (χ3n) is 4.20. The average Bonchev–Trinajstić information content (AvgIpc) is 3.12. The maximum Gasteiger partial charge on any atom is 0.244 e. The van der Waals surface area contributed by atoms with Gasteiger partial charge in [-0.3, -0.25) is 9.59 Å². The van der Waals surface area contributed by atoms with E-state index in [4.69, 9.17) is 11.6 Å². The molecule has 1 heterocycles. The molecule has 32 heavy (non-hydrogen) atoms. The highest BCUT2D eigenvalue weighted by Gasteiger charge is 2.13. The Labute approximate surface area is 211 Å². The van der Waals surface area contributed by atoms with Crippen molar-refractivity contribution in [2.24, 2.45) is 7.05 Å². The van der Waals surface area contributed by atoms with Crippen molar-refractivity contribution in [1.29, 1.82) is 0 Å². The van der Waals surface area contributed by atoms with Crippen molar-refractivity contribution in [2.45, 2.75) is 11.7 Å². The lowest BCUT2D eigenvalue weighted by Gasteiger charge is -2.08. The van der Waals surface area contributed by atoms with Crippen LogP contribution in [0.3, 0.4) is 0 Å². The van der Waals surface area contributed by atoms with Gasteiger partial charge in [-0.25, -0.2) is 0 Å². The van der Waals surface area contributed by atoms with Gasteiger partial charge in [0.25, 0.3) is 0 Å². The molecule has 166 valence electrons. The second-order valence-electron chi connectivity index (χ2n) is 6.49. The predicted octanol–water partition coefficient (Wildman–Crippen LogP) is 5.05. The van der Waals surface area contributed by atoms with E-state index in [2.05, 4.69) is 52.7 Å². The van der Waals surface area contributed by atoms with Gasteiger partial charge in [-0.2, -0.15) is 0 Å². The molecule has 0 spiro atoms. The normalized spacial score (nSPS) is 11.0. The fraction of sp³-hybridized carbons (Fsp3) is 0.143. The van der Waals surface area contributed by atoms with Crippen molar-refractivity contribution in [2.75, 3.05) is 11.1 Å². The molecule has 0 saturated heterocycles. The summed E-state index contributed by atoms with van der Waals surface area (Å²) in [5.41, 5.74) is 1.44. The van der Waals surface area contributed by atoms with E-state index in [0.29, 0.717) is 21.7 Å². The number of anilines is 1. The first-order valence-corrected chi connectivity index (χ1v) is 12.2. The summed E-state index contributed by atoms with van der Waals surface area (Å²) in [5, 5.41) is 15.0. The SMILES string of the molecule is Cn1c(CNC(=O)/C=C/c2ccccc2Cl)nnc1SCC(=O)Nc1cc(Br)ccc1Br. The fourth-order valence-electron chi connectivity index (χ4n) is 2.54. The summed E-state index contributed by atoms with van der Waals surface area (Å²) >= 11 is 14.1. The van der Waals surface area contributed by atoms with Crippen LogP contribution in [-0.4, -0.2) is 32.3 Å². The van der Waals surface area contributed by atoms with Crippen LogP contribution in [-0.2, 0) is 23.2 Å². The molecule has 0 aliphatic rings. The molecule has 7 nitrogen and oxygen atoms in total. The number of carbonyl (C=O) groups excluding carboxylic acids is 2. The first kappa shape index (κ1) is 24.5. The molecule has 0 aliphatic heterocycles. The van der Waals surface area contributed by atoms with Crippen molar-refractivity contribution in [3.63, 3.8) is 0 Å². The summed E-state index contributed by atoms with van der Waals surface area (Å²) in [7, 11) is 1.78. The van der Waals surface area contributed by atoms with Crippen LogP contribution < -0.4 is 10.6 Å². The quantitative estimate of drug-likeness (QED) is 0.279. The minimum absolute atomic E-state index is 0.165. The number of hydrogen-bond acceptors (Lipinski definition) is 5. The van der Waals surface area contributed by atoms with Crippen molar-refractivity contribution < 1.29 is 9.59 Å². The van der Waals surface area contributed by atoms with Crippen molar-refractivity contribution in [3.05, 3.63) is 73.9 Å². The predicted molar refractivity (Wildman–Crippen MR) is 135 cm³/mol. The molecule has 2 N–H and O–H groups in total. The van der Waals surface area contributed by atoms with Crippen molar-refractivity contribution in [3.8, 4) is 0 Å². The molecule has 0 unspecified atom stereocenters. The second-order valence-corrected chi connectivity index (χ2v) is 9.61. The number of carbonyl (C=O) groups is 2. The van der Waals surface area contributed by atoms with E-state index in [9.17, 15) is 9.59 Å². The molecule has 0 saturated carbocycles. The summed E-state index contributed by atoms with van der Waals surface area (Å²) < 4.78 is 3.40. The smallest absolute Gasteiger partial charge is 0.244 e. The zero-order valence-electron chi connectivity index (χ0n) is 16.8. The highest BCUT2D eigenvalue weighted by molar-refractivity contribution is 9.11. The van der Waals surface area contributed by atoms with Gasteiger partial charge in [0.15, 0.2) is 11.0 Å². The lowest BCUT2D eigenvalue weighted by atomic mass is 10.2. The Kier molecular flexibility index (Phi) is 8.92. The number of rotatable bonds is 8. The Hall–Kier alpha value is -2.14. The molecule has 0 bridgehead atoms. The van der Waals surface area contributed by atoms with E-state index in [-0.39, 0.29) is 24.1 Å². The lowest BCUT2D eigenvalue weighted by Crippen LogP contribution is -2.22. The van der Waals surface area contributed by atoms with E-state index >= 15 is 0 Å². The van der Waals surface area contributed by atoms with E-state index < -0.39 is 0 Å². The summed E-state index contributed by atoms with van der Waals surface area (Å²) in [6.45, 7) is 0.201. The zero-order valence-corrected chi connectivity index (χ0v) is 21.6. The van der Waals surface area contributed by atoms with Gasteiger partial charge < -0.3 is 15.2 Å². The monoisotopic (exact) mass is 597 g/mol. The maximum absolute atomic E-state index is 12.3. The molecule has 0 aliphatic carbocycles. The highest BCUT2D eigenvalue weighted by Crippen LogP contribution is 2.26. The van der Waals surface area contributed by atoms with E-state index in [0.717, 1.165) is 14.5 Å². The molecule has 0 atom stereocenters. The molecular weight excluding hydrogens is 582 g/mol. The number of nitrogens with zero attached hydrogens (tertiary/aromatic N) is 3. The van der Waals surface area contributed by atoms with Gasteiger partial charge >= 0.3 is 0 Å². The molecular formula is C21H18Br2ClN5O2S. The number of halogens is 3. The summed E-state index contributed by atoms with van der Waals surface area (Å²) in [5.74, 6) is 0.289. The third-order valence-corrected chi connectivity index (χ3v) is 6.75. The number of thioether (sulfide) groups is 1. The van der Waals surface area contributed by atoms with Gasteiger partial charge in [-0.1, -0.05) is 57.5 Å². The Bertz CT molecular complexity index is 1170. The van der Waals surface area contributed by atoms with E-state index in [1.165, 1.54) is 17.8 Å². The molecule has 3 aromatic rings. The Morgan fingerprint density at radius 1 is 1.19 bits per heavy atom. The third kappa shape index (κ3) is 6.93. The zero-order chi connectivity index (χ0) is 23.1. The van der Waals surface area contributed by atoms with E-state index in [1.54, 1.807) is 23.8 Å². The Morgan fingerprint density at radius 2 is 1.97 bits per heavy atom. The van der Waals surface area contributed by atoms with Gasteiger partial charge in [0.2, 0.25) is 11.8 Å². The molecule has 2 amide bonds. The molecule has 1 aromatic heterocycles. The van der Waals surface area contributed by atoms with Gasteiger partial charge in [0, 0.05) is 27.1 Å².